The van der Waals surface area contributed by atoms with Crippen molar-refractivity contribution in [3.05, 3.63) is 35.4 Å². The molecule has 16 heavy (non-hydrogen) atoms. The van der Waals surface area contributed by atoms with Crippen LogP contribution in [0.3, 0.4) is 0 Å². The number of alkyl halides is 1. The van der Waals surface area contributed by atoms with Gasteiger partial charge in [0.05, 0.1) is 12.7 Å². The third-order valence-corrected chi connectivity index (χ3v) is 4.14. The van der Waals surface area contributed by atoms with Crippen molar-refractivity contribution in [3.8, 4) is 0 Å². The number of hydrogen-bond acceptors (Lipinski definition) is 1. The van der Waals surface area contributed by atoms with Gasteiger partial charge in [0, 0.05) is 16.3 Å². The minimum Gasteiger partial charge on any atom is -0.378 e. The molecule has 1 aliphatic rings. The SMILES string of the molecule is CC1CC(C(Br)c2cc(F)ccc2F)CO1. The molecule has 1 nitrogen and oxygen atoms in total. The molecule has 1 aromatic rings. The fourth-order valence-corrected chi connectivity index (χ4v) is 2.75. The molecule has 4 heteroatoms. The fraction of sp³-hybridized carbons (Fsp3) is 0.500. The molecule has 0 aromatic heterocycles. The average molecular weight is 291 g/mol. The first-order valence-corrected chi connectivity index (χ1v) is 6.20. The molecule has 3 atom stereocenters. The summed E-state index contributed by atoms with van der Waals surface area (Å²) in [6.45, 7) is 2.58. The van der Waals surface area contributed by atoms with Crippen LogP contribution >= 0.6 is 15.9 Å². The van der Waals surface area contributed by atoms with Gasteiger partial charge in [0.15, 0.2) is 0 Å². The van der Waals surface area contributed by atoms with Crippen LogP contribution in [0.25, 0.3) is 0 Å². The Morgan fingerprint density at radius 1 is 1.44 bits per heavy atom. The van der Waals surface area contributed by atoms with Crippen LogP contribution < -0.4 is 0 Å². The summed E-state index contributed by atoms with van der Waals surface area (Å²) in [7, 11) is 0. The molecule has 0 radical (unpaired) electrons. The fourth-order valence-electron chi connectivity index (χ4n) is 2.03. The second kappa shape index (κ2) is 4.80. The van der Waals surface area contributed by atoms with E-state index in [1.54, 1.807) is 0 Å². The minimum absolute atomic E-state index is 0.187. The van der Waals surface area contributed by atoms with Crippen molar-refractivity contribution in [3.63, 3.8) is 0 Å². The van der Waals surface area contributed by atoms with Gasteiger partial charge in [-0.25, -0.2) is 8.78 Å². The van der Waals surface area contributed by atoms with Crippen molar-refractivity contribution < 1.29 is 13.5 Å². The van der Waals surface area contributed by atoms with Gasteiger partial charge >= 0.3 is 0 Å². The van der Waals surface area contributed by atoms with Crippen LogP contribution in [0, 0.1) is 17.6 Å². The zero-order chi connectivity index (χ0) is 11.7. The highest BCUT2D eigenvalue weighted by Crippen LogP contribution is 2.39. The molecule has 0 aliphatic carbocycles. The highest BCUT2D eigenvalue weighted by atomic mass is 79.9. The Labute approximate surface area is 102 Å². The standard InChI is InChI=1S/C12H13BrF2O/c1-7-4-8(6-16-7)12(13)10-5-9(14)2-3-11(10)15/h2-3,5,7-8,12H,4,6H2,1H3. The van der Waals surface area contributed by atoms with Crippen molar-refractivity contribution in [2.45, 2.75) is 24.3 Å². The third-order valence-electron chi connectivity index (χ3n) is 2.90. The first kappa shape index (κ1) is 12.0. The number of rotatable bonds is 2. The van der Waals surface area contributed by atoms with Gasteiger partial charge in [0.1, 0.15) is 11.6 Å². The second-order valence-corrected chi connectivity index (χ2v) is 5.19. The zero-order valence-corrected chi connectivity index (χ0v) is 10.5. The van der Waals surface area contributed by atoms with Crippen LogP contribution in [0.1, 0.15) is 23.7 Å². The van der Waals surface area contributed by atoms with E-state index in [0.717, 1.165) is 18.6 Å². The normalized spacial score (nSPS) is 27.0. The minimum atomic E-state index is -0.409. The van der Waals surface area contributed by atoms with E-state index in [9.17, 15) is 8.78 Å². The molecule has 1 aromatic carbocycles. The summed E-state index contributed by atoms with van der Waals surface area (Å²) < 4.78 is 32.0. The predicted molar refractivity (Wildman–Crippen MR) is 61.5 cm³/mol. The van der Waals surface area contributed by atoms with E-state index in [-0.39, 0.29) is 22.7 Å². The van der Waals surface area contributed by atoms with E-state index in [0.29, 0.717) is 12.2 Å². The van der Waals surface area contributed by atoms with Crippen LogP contribution in [0.4, 0.5) is 8.78 Å². The molecule has 88 valence electrons. The average Bonchev–Trinajstić information content (AvgIpc) is 2.67. The number of benzene rings is 1. The van der Waals surface area contributed by atoms with Crippen molar-refractivity contribution in [1.29, 1.82) is 0 Å². The zero-order valence-electron chi connectivity index (χ0n) is 8.92. The smallest absolute Gasteiger partial charge is 0.127 e. The van der Waals surface area contributed by atoms with E-state index < -0.39 is 5.82 Å². The summed E-state index contributed by atoms with van der Waals surface area (Å²) in [5.74, 6) is -0.582. The summed E-state index contributed by atoms with van der Waals surface area (Å²) in [6.07, 6.45) is 1.06. The molecule has 1 fully saturated rings. The van der Waals surface area contributed by atoms with Crippen molar-refractivity contribution in [2.75, 3.05) is 6.61 Å². The summed E-state index contributed by atoms with van der Waals surface area (Å²) in [4.78, 5) is -0.187. The summed E-state index contributed by atoms with van der Waals surface area (Å²) in [5.41, 5.74) is 0.378. The lowest BCUT2D eigenvalue weighted by Gasteiger charge is -2.17. The molecular formula is C12H13BrF2O. The Kier molecular flexibility index (Phi) is 3.60. The molecule has 0 N–H and O–H groups in total. The number of hydrogen-bond donors (Lipinski definition) is 0. The van der Waals surface area contributed by atoms with Crippen molar-refractivity contribution >= 4 is 15.9 Å². The summed E-state index contributed by atoms with van der Waals surface area (Å²) >= 11 is 3.44. The predicted octanol–water partition coefficient (Wildman–Crippen LogP) is 3.83. The lowest BCUT2D eigenvalue weighted by Crippen LogP contribution is -2.09. The highest BCUT2D eigenvalue weighted by Gasteiger charge is 2.30. The van der Waals surface area contributed by atoms with Gasteiger partial charge in [0.25, 0.3) is 0 Å². The van der Waals surface area contributed by atoms with E-state index in [2.05, 4.69) is 15.9 Å². The Morgan fingerprint density at radius 2 is 2.19 bits per heavy atom. The van der Waals surface area contributed by atoms with Gasteiger partial charge < -0.3 is 4.74 Å². The lowest BCUT2D eigenvalue weighted by molar-refractivity contribution is 0.120. The molecule has 0 bridgehead atoms. The molecule has 0 saturated carbocycles. The van der Waals surface area contributed by atoms with Gasteiger partial charge in [-0.1, -0.05) is 15.9 Å². The monoisotopic (exact) mass is 290 g/mol. The van der Waals surface area contributed by atoms with Crippen LogP contribution in [-0.2, 0) is 4.74 Å². The first-order chi connectivity index (χ1) is 7.58. The Balaban J connectivity index is 2.20. The highest BCUT2D eigenvalue weighted by molar-refractivity contribution is 9.09. The molecule has 2 rings (SSSR count). The van der Waals surface area contributed by atoms with E-state index in [1.807, 2.05) is 6.92 Å². The van der Waals surface area contributed by atoms with E-state index in [1.165, 1.54) is 6.07 Å². The maximum Gasteiger partial charge on any atom is 0.127 e. The van der Waals surface area contributed by atoms with Gasteiger partial charge in [-0.15, -0.1) is 0 Å². The molecule has 1 aliphatic heterocycles. The number of ether oxygens (including phenoxy) is 1. The van der Waals surface area contributed by atoms with Crippen LogP contribution in [0.5, 0.6) is 0 Å². The van der Waals surface area contributed by atoms with Crippen LogP contribution in [0.15, 0.2) is 18.2 Å². The van der Waals surface area contributed by atoms with Gasteiger partial charge in [-0.3, -0.25) is 0 Å². The van der Waals surface area contributed by atoms with Crippen molar-refractivity contribution in [2.24, 2.45) is 5.92 Å². The maximum absolute atomic E-state index is 13.5. The Bertz CT molecular complexity index is 383. The molecule has 0 spiro atoms. The largest absolute Gasteiger partial charge is 0.378 e. The van der Waals surface area contributed by atoms with Crippen molar-refractivity contribution in [1.82, 2.24) is 0 Å². The molecule has 1 heterocycles. The molecule has 3 unspecified atom stereocenters. The Morgan fingerprint density at radius 3 is 2.81 bits per heavy atom. The number of halogens is 3. The lowest BCUT2D eigenvalue weighted by atomic mass is 9.96. The van der Waals surface area contributed by atoms with E-state index in [4.69, 9.17) is 4.74 Å². The second-order valence-electron chi connectivity index (χ2n) is 4.21. The molecule has 1 saturated heterocycles. The van der Waals surface area contributed by atoms with Crippen LogP contribution in [0.2, 0.25) is 0 Å². The third kappa shape index (κ3) is 2.43. The van der Waals surface area contributed by atoms with Gasteiger partial charge in [-0.2, -0.15) is 0 Å². The summed E-state index contributed by atoms with van der Waals surface area (Å²) in [6, 6.07) is 3.54. The molecule has 0 amide bonds. The van der Waals surface area contributed by atoms with E-state index >= 15 is 0 Å². The van der Waals surface area contributed by atoms with Gasteiger partial charge in [-0.05, 0) is 31.5 Å². The van der Waals surface area contributed by atoms with Gasteiger partial charge in [0.2, 0.25) is 0 Å². The summed E-state index contributed by atoms with van der Waals surface area (Å²) in [5, 5.41) is 0. The topological polar surface area (TPSA) is 9.23 Å². The Hall–Kier alpha value is -0.480. The quantitative estimate of drug-likeness (QED) is 0.753. The van der Waals surface area contributed by atoms with Crippen LogP contribution in [-0.4, -0.2) is 12.7 Å². The molecular weight excluding hydrogens is 278 g/mol. The maximum atomic E-state index is 13.5. The first-order valence-electron chi connectivity index (χ1n) is 5.28.